The predicted octanol–water partition coefficient (Wildman–Crippen LogP) is 1.36. The van der Waals surface area contributed by atoms with Crippen LogP contribution in [0.2, 0.25) is 5.02 Å². The first-order valence-corrected chi connectivity index (χ1v) is 4.64. The molecular formula is C8H8ClN5O3. The van der Waals surface area contributed by atoms with Crippen LogP contribution in [0.4, 0.5) is 5.95 Å². The quantitative estimate of drug-likeness (QED) is 0.522. The number of aromatic amines is 1. The normalized spacial score (nSPS) is 9.24. The van der Waals surface area contributed by atoms with E-state index in [2.05, 4.69) is 15.2 Å². The molecule has 1 heterocycles. The molecule has 0 aliphatic heterocycles. The van der Waals surface area contributed by atoms with Gasteiger partial charge in [0.05, 0.1) is 0 Å². The number of hydrogen-bond donors (Lipinski definition) is 3. The maximum absolute atomic E-state index is 8.36. The lowest BCUT2D eigenvalue weighted by Gasteiger charge is -1.94. The zero-order valence-corrected chi connectivity index (χ0v) is 9.13. The van der Waals surface area contributed by atoms with Crippen LogP contribution in [0.25, 0.3) is 11.4 Å². The van der Waals surface area contributed by atoms with Crippen LogP contribution in [0.3, 0.4) is 0 Å². The Labute approximate surface area is 100 Å². The summed E-state index contributed by atoms with van der Waals surface area (Å²) in [5.41, 5.74) is 6.28. The van der Waals surface area contributed by atoms with Gasteiger partial charge in [0.1, 0.15) is 0 Å². The summed E-state index contributed by atoms with van der Waals surface area (Å²) < 4.78 is 0. The molecule has 0 spiro atoms. The zero-order valence-electron chi connectivity index (χ0n) is 8.37. The first kappa shape index (κ1) is 12.7. The first-order chi connectivity index (χ1) is 7.99. The molecule has 0 aliphatic carbocycles. The van der Waals surface area contributed by atoms with E-state index < -0.39 is 5.09 Å². The van der Waals surface area contributed by atoms with Gasteiger partial charge in [0, 0.05) is 10.6 Å². The van der Waals surface area contributed by atoms with Gasteiger partial charge in [0.25, 0.3) is 5.09 Å². The van der Waals surface area contributed by atoms with Crippen molar-refractivity contribution in [3.8, 4) is 11.4 Å². The number of hydrogen-bond acceptors (Lipinski definition) is 5. The van der Waals surface area contributed by atoms with Crippen LogP contribution in [0, 0.1) is 10.1 Å². The Morgan fingerprint density at radius 3 is 2.35 bits per heavy atom. The Morgan fingerprint density at radius 2 is 1.94 bits per heavy atom. The van der Waals surface area contributed by atoms with Crippen molar-refractivity contribution in [2.24, 2.45) is 0 Å². The average Bonchev–Trinajstić information content (AvgIpc) is 2.65. The number of anilines is 1. The zero-order chi connectivity index (χ0) is 12.8. The molecule has 0 bridgehead atoms. The van der Waals surface area contributed by atoms with Crippen LogP contribution in [0.5, 0.6) is 0 Å². The van der Waals surface area contributed by atoms with Crippen LogP contribution < -0.4 is 5.73 Å². The molecule has 0 atom stereocenters. The van der Waals surface area contributed by atoms with E-state index in [9.17, 15) is 0 Å². The predicted molar refractivity (Wildman–Crippen MR) is 60.0 cm³/mol. The number of nitrogen functional groups attached to an aromatic ring is 1. The van der Waals surface area contributed by atoms with E-state index in [-0.39, 0.29) is 5.95 Å². The van der Waals surface area contributed by atoms with E-state index >= 15 is 0 Å². The average molecular weight is 258 g/mol. The minimum Gasteiger partial charge on any atom is -0.366 e. The van der Waals surface area contributed by atoms with Crippen LogP contribution in [0.1, 0.15) is 0 Å². The van der Waals surface area contributed by atoms with Crippen molar-refractivity contribution in [3.63, 3.8) is 0 Å². The van der Waals surface area contributed by atoms with Crippen LogP contribution >= 0.6 is 11.6 Å². The summed E-state index contributed by atoms with van der Waals surface area (Å²) in [6.07, 6.45) is 0. The highest BCUT2D eigenvalue weighted by Crippen LogP contribution is 2.17. The molecule has 0 saturated heterocycles. The summed E-state index contributed by atoms with van der Waals surface area (Å²) in [7, 11) is 0. The standard InChI is InChI=1S/C8H7ClN4.HNO3/c9-6-3-1-5(2-4-6)7-11-8(10)13-12-7;2-1(3)4/h1-4H,(H3,10,11,12,13);(H,2,3,4). The maximum Gasteiger partial charge on any atom is 0.291 e. The van der Waals surface area contributed by atoms with Crippen molar-refractivity contribution in [1.82, 2.24) is 15.2 Å². The van der Waals surface area contributed by atoms with E-state index in [0.717, 1.165) is 5.56 Å². The Bertz CT molecular complexity index is 494. The van der Waals surface area contributed by atoms with E-state index in [4.69, 9.17) is 32.7 Å². The smallest absolute Gasteiger partial charge is 0.291 e. The molecule has 0 amide bonds. The van der Waals surface area contributed by atoms with Gasteiger partial charge in [-0.25, -0.2) is 0 Å². The number of nitrogens with one attached hydrogen (secondary N) is 1. The van der Waals surface area contributed by atoms with E-state index in [0.29, 0.717) is 10.8 Å². The second-order valence-electron chi connectivity index (χ2n) is 2.79. The van der Waals surface area contributed by atoms with Crippen molar-refractivity contribution in [3.05, 3.63) is 39.4 Å². The van der Waals surface area contributed by atoms with Crippen molar-refractivity contribution < 1.29 is 10.3 Å². The third-order valence-corrected chi connectivity index (χ3v) is 1.87. The Hall–Kier alpha value is -2.35. The maximum atomic E-state index is 8.36. The fourth-order valence-electron chi connectivity index (χ4n) is 1.01. The van der Waals surface area contributed by atoms with Gasteiger partial charge in [0.2, 0.25) is 5.95 Å². The van der Waals surface area contributed by atoms with Gasteiger partial charge < -0.3 is 10.9 Å². The third-order valence-electron chi connectivity index (χ3n) is 1.62. The highest BCUT2D eigenvalue weighted by molar-refractivity contribution is 6.30. The lowest BCUT2D eigenvalue weighted by Crippen LogP contribution is -1.85. The molecule has 9 heteroatoms. The molecule has 0 fully saturated rings. The minimum atomic E-state index is -1.50. The highest BCUT2D eigenvalue weighted by Gasteiger charge is 2.01. The van der Waals surface area contributed by atoms with Crippen LogP contribution in [-0.2, 0) is 0 Å². The number of benzene rings is 1. The molecule has 1 aromatic carbocycles. The summed E-state index contributed by atoms with van der Waals surface area (Å²) in [4.78, 5) is 12.3. The van der Waals surface area contributed by atoms with Crippen LogP contribution in [0.15, 0.2) is 24.3 Å². The summed E-state index contributed by atoms with van der Waals surface area (Å²) in [5, 5.41) is 20.8. The second kappa shape index (κ2) is 5.66. The number of halogens is 1. The van der Waals surface area contributed by atoms with E-state index in [1.165, 1.54) is 0 Å². The lowest BCUT2D eigenvalue weighted by molar-refractivity contribution is -0.742. The monoisotopic (exact) mass is 257 g/mol. The van der Waals surface area contributed by atoms with Gasteiger partial charge in [-0.1, -0.05) is 11.6 Å². The number of H-pyrrole nitrogens is 1. The number of nitrogens with zero attached hydrogens (tertiary/aromatic N) is 3. The van der Waals surface area contributed by atoms with Gasteiger partial charge in [-0.05, 0) is 24.3 Å². The number of aromatic nitrogens is 3. The van der Waals surface area contributed by atoms with Gasteiger partial charge in [-0.15, -0.1) is 15.2 Å². The largest absolute Gasteiger partial charge is 0.366 e. The van der Waals surface area contributed by atoms with Crippen molar-refractivity contribution in [1.29, 1.82) is 0 Å². The van der Waals surface area contributed by atoms with Gasteiger partial charge in [0.15, 0.2) is 5.82 Å². The fourth-order valence-corrected chi connectivity index (χ4v) is 1.14. The van der Waals surface area contributed by atoms with Crippen LogP contribution in [-0.4, -0.2) is 25.5 Å². The molecule has 0 radical (unpaired) electrons. The molecule has 2 rings (SSSR count). The third kappa shape index (κ3) is 4.34. The van der Waals surface area contributed by atoms with Gasteiger partial charge in [-0.2, -0.15) is 4.98 Å². The molecular weight excluding hydrogens is 250 g/mol. The molecule has 4 N–H and O–H groups in total. The van der Waals surface area contributed by atoms with Crippen molar-refractivity contribution >= 4 is 17.5 Å². The second-order valence-corrected chi connectivity index (χ2v) is 3.22. The highest BCUT2D eigenvalue weighted by atomic mass is 35.5. The van der Waals surface area contributed by atoms with E-state index in [1.807, 2.05) is 12.1 Å². The van der Waals surface area contributed by atoms with Crippen molar-refractivity contribution in [2.45, 2.75) is 0 Å². The molecule has 0 aliphatic rings. The Balaban J connectivity index is 0.000000317. The molecule has 90 valence electrons. The van der Waals surface area contributed by atoms with Crippen molar-refractivity contribution in [2.75, 3.05) is 5.73 Å². The SMILES string of the molecule is Nc1n[nH]c(-c2ccc(Cl)cc2)n1.O=[N+]([O-])O. The summed E-state index contributed by atoms with van der Waals surface area (Å²) in [6, 6.07) is 7.27. The minimum absolute atomic E-state index is 0.241. The lowest BCUT2D eigenvalue weighted by atomic mass is 10.2. The summed E-state index contributed by atoms with van der Waals surface area (Å²) >= 11 is 5.73. The summed E-state index contributed by atoms with van der Waals surface area (Å²) in [6.45, 7) is 0. The van der Waals surface area contributed by atoms with E-state index in [1.54, 1.807) is 12.1 Å². The number of rotatable bonds is 1. The number of nitrogens with two attached hydrogens (primary N) is 1. The van der Waals surface area contributed by atoms with Gasteiger partial charge in [-0.3, -0.25) is 5.10 Å². The molecule has 8 nitrogen and oxygen atoms in total. The summed E-state index contributed by atoms with van der Waals surface area (Å²) in [5.74, 6) is 0.888. The van der Waals surface area contributed by atoms with Gasteiger partial charge >= 0.3 is 0 Å². The Kier molecular flexibility index (Phi) is 4.23. The molecule has 1 aromatic heterocycles. The fraction of sp³-hybridized carbons (Fsp3) is 0. The molecule has 0 saturated carbocycles. The first-order valence-electron chi connectivity index (χ1n) is 4.26. The molecule has 17 heavy (non-hydrogen) atoms. The Morgan fingerprint density at radius 1 is 1.41 bits per heavy atom. The molecule has 2 aromatic rings. The molecule has 0 unspecified atom stereocenters. The topological polar surface area (TPSA) is 131 Å².